The van der Waals surface area contributed by atoms with E-state index in [0.717, 1.165) is 22.1 Å². The summed E-state index contributed by atoms with van der Waals surface area (Å²) in [6.45, 7) is 2.54. The summed E-state index contributed by atoms with van der Waals surface area (Å²) in [5, 5.41) is 2.86. The fourth-order valence-electron chi connectivity index (χ4n) is 2.57. The quantitative estimate of drug-likeness (QED) is 0.650. The summed E-state index contributed by atoms with van der Waals surface area (Å²) >= 11 is 1.73. The predicted octanol–water partition coefficient (Wildman–Crippen LogP) is 2.98. The van der Waals surface area contributed by atoms with Crippen molar-refractivity contribution in [1.29, 1.82) is 0 Å². The van der Waals surface area contributed by atoms with E-state index in [9.17, 15) is 13.2 Å². The Morgan fingerprint density at radius 1 is 1.11 bits per heavy atom. The molecule has 7 heteroatoms. The van der Waals surface area contributed by atoms with Crippen LogP contribution in [0, 0.1) is 6.92 Å². The first kappa shape index (κ1) is 21.5. The lowest BCUT2D eigenvalue weighted by Gasteiger charge is -2.25. The molecule has 0 bridgehead atoms. The van der Waals surface area contributed by atoms with Crippen LogP contribution in [0.5, 0.6) is 0 Å². The highest BCUT2D eigenvalue weighted by molar-refractivity contribution is 7.98. The number of sulfonamides is 1. The molecule has 0 fully saturated rings. The van der Waals surface area contributed by atoms with Crippen LogP contribution in [0.2, 0.25) is 0 Å². The van der Waals surface area contributed by atoms with E-state index >= 15 is 0 Å². The average Bonchev–Trinajstić information content (AvgIpc) is 2.63. The number of hydrogen-bond donors (Lipinski definition) is 1. The fraction of sp³-hybridized carbons (Fsp3) is 0.350. The Bertz CT molecular complexity index is 837. The third kappa shape index (κ3) is 6.68. The molecule has 27 heavy (non-hydrogen) atoms. The van der Waals surface area contributed by atoms with Gasteiger partial charge in [0.05, 0.1) is 6.26 Å². The number of carbonyl (C=O) groups is 1. The number of rotatable bonds is 9. The van der Waals surface area contributed by atoms with Crippen LogP contribution in [0.1, 0.15) is 22.7 Å². The van der Waals surface area contributed by atoms with Crippen LogP contribution in [-0.2, 0) is 20.6 Å². The minimum atomic E-state index is -3.50. The number of thioether (sulfide) groups is 1. The molecule has 1 atom stereocenters. The van der Waals surface area contributed by atoms with Gasteiger partial charge in [-0.2, -0.15) is 16.1 Å². The molecule has 0 saturated carbocycles. The zero-order valence-electron chi connectivity index (χ0n) is 15.9. The molecule has 2 aromatic carbocycles. The number of benzene rings is 2. The van der Waals surface area contributed by atoms with Crippen LogP contribution >= 0.6 is 11.8 Å². The van der Waals surface area contributed by atoms with E-state index in [-0.39, 0.29) is 5.91 Å². The van der Waals surface area contributed by atoms with Gasteiger partial charge in [-0.1, -0.05) is 60.2 Å². The van der Waals surface area contributed by atoms with E-state index in [1.54, 1.807) is 36.0 Å². The molecule has 0 aliphatic rings. The van der Waals surface area contributed by atoms with Gasteiger partial charge in [0.15, 0.2) is 0 Å². The molecule has 2 rings (SSSR count). The highest BCUT2D eigenvalue weighted by Crippen LogP contribution is 2.22. The maximum atomic E-state index is 12.7. The van der Waals surface area contributed by atoms with Crippen LogP contribution in [0.4, 0.5) is 0 Å². The number of nitrogens with zero attached hydrogens (tertiary/aromatic N) is 1. The number of hydrogen-bond acceptors (Lipinski definition) is 4. The molecule has 0 radical (unpaired) electrons. The molecule has 146 valence electrons. The molecule has 0 heterocycles. The minimum absolute atomic E-state index is 0.315. The SMILES string of the molecule is Cc1ccc(CSCCNC(=O)C(c2ccccc2)N(C)S(C)(=O)=O)cc1. The van der Waals surface area contributed by atoms with E-state index in [0.29, 0.717) is 12.1 Å². The van der Waals surface area contributed by atoms with E-state index in [2.05, 4.69) is 36.5 Å². The van der Waals surface area contributed by atoms with Crippen LogP contribution < -0.4 is 5.32 Å². The Balaban J connectivity index is 1.91. The van der Waals surface area contributed by atoms with Crippen molar-refractivity contribution in [1.82, 2.24) is 9.62 Å². The van der Waals surface area contributed by atoms with Gasteiger partial charge in [-0.3, -0.25) is 4.79 Å². The van der Waals surface area contributed by atoms with E-state index in [1.807, 2.05) is 6.07 Å². The predicted molar refractivity (Wildman–Crippen MR) is 112 cm³/mol. The van der Waals surface area contributed by atoms with Crippen molar-refractivity contribution in [2.75, 3.05) is 25.6 Å². The lowest BCUT2D eigenvalue weighted by atomic mass is 10.1. The summed E-state index contributed by atoms with van der Waals surface area (Å²) in [6, 6.07) is 16.5. The van der Waals surface area contributed by atoms with Gasteiger partial charge in [0.2, 0.25) is 15.9 Å². The maximum absolute atomic E-state index is 12.7. The standard InChI is InChI=1S/C20H26N2O3S2/c1-16-9-11-17(12-10-16)15-26-14-13-21-20(23)19(22(2)27(3,24)25)18-7-5-4-6-8-18/h4-12,19H,13-15H2,1-3H3,(H,21,23). The molecule has 0 saturated heterocycles. The molecule has 0 aromatic heterocycles. The summed E-state index contributed by atoms with van der Waals surface area (Å²) in [6.07, 6.45) is 1.10. The monoisotopic (exact) mass is 406 g/mol. The molecule has 0 aliphatic heterocycles. The minimum Gasteiger partial charge on any atom is -0.354 e. The first-order valence-electron chi connectivity index (χ1n) is 8.68. The van der Waals surface area contributed by atoms with Crippen molar-refractivity contribution in [3.63, 3.8) is 0 Å². The van der Waals surface area contributed by atoms with Gasteiger partial charge in [-0.15, -0.1) is 0 Å². The van der Waals surface area contributed by atoms with Gasteiger partial charge >= 0.3 is 0 Å². The molecule has 1 unspecified atom stereocenters. The van der Waals surface area contributed by atoms with E-state index in [1.165, 1.54) is 18.2 Å². The summed E-state index contributed by atoms with van der Waals surface area (Å²) in [4.78, 5) is 12.7. The summed E-state index contributed by atoms with van der Waals surface area (Å²) in [7, 11) is -2.07. The van der Waals surface area contributed by atoms with Crippen LogP contribution in [-0.4, -0.2) is 44.2 Å². The zero-order chi connectivity index (χ0) is 19.9. The lowest BCUT2D eigenvalue weighted by molar-refractivity contribution is -0.124. The highest BCUT2D eigenvalue weighted by atomic mass is 32.2. The van der Waals surface area contributed by atoms with Crippen LogP contribution in [0.3, 0.4) is 0 Å². The van der Waals surface area contributed by atoms with Gasteiger partial charge < -0.3 is 5.32 Å². The normalized spacial score (nSPS) is 12.7. The van der Waals surface area contributed by atoms with Crippen molar-refractivity contribution in [2.24, 2.45) is 0 Å². The van der Waals surface area contributed by atoms with Gasteiger partial charge in [0.1, 0.15) is 6.04 Å². The number of carbonyl (C=O) groups excluding carboxylic acids is 1. The van der Waals surface area contributed by atoms with Crippen LogP contribution in [0.25, 0.3) is 0 Å². The summed E-state index contributed by atoms with van der Waals surface area (Å²) in [5.74, 6) is 1.32. The summed E-state index contributed by atoms with van der Waals surface area (Å²) < 4.78 is 25.0. The molecule has 2 aromatic rings. The van der Waals surface area contributed by atoms with Crippen molar-refractivity contribution in [2.45, 2.75) is 18.7 Å². The van der Waals surface area contributed by atoms with Crippen molar-refractivity contribution in [3.8, 4) is 0 Å². The number of nitrogens with one attached hydrogen (secondary N) is 1. The Labute approximate surface area is 166 Å². The number of aryl methyl sites for hydroxylation is 1. The molecule has 5 nitrogen and oxygen atoms in total. The van der Waals surface area contributed by atoms with Crippen molar-refractivity contribution >= 4 is 27.7 Å². The molecule has 0 aliphatic carbocycles. The van der Waals surface area contributed by atoms with E-state index in [4.69, 9.17) is 0 Å². The Kier molecular flexibility index (Phi) is 7.89. The third-order valence-corrected chi connectivity index (χ3v) is 6.47. The highest BCUT2D eigenvalue weighted by Gasteiger charge is 2.30. The molecule has 1 amide bonds. The second-order valence-corrected chi connectivity index (χ2v) is 9.57. The Hall–Kier alpha value is -1.83. The van der Waals surface area contributed by atoms with Crippen molar-refractivity contribution in [3.05, 3.63) is 71.3 Å². The molecular weight excluding hydrogens is 380 g/mol. The largest absolute Gasteiger partial charge is 0.354 e. The fourth-order valence-corrected chi connectivity index (χ4v) is 3.99. The second-order valence-electron chi connectivity index (χ2n) is 6.42. The first-order chi connectivity index (χ1) is 12.8. The summed E-state index contributed by atoms with van der Waals surface area (Å²) in [5.41, 5.74) is 3.13. The molecule has 0 spiro atoms. The van der Waals surface area contributed by atoms with Gasteiger partial charge in [-0.25, -0.2) is 8.42 Å². The molecule has 1 N–H and O–H groups in total. The molecular formula is C20H26N2O3S2. The van der Waals surface area contributed by atoms with Crippen LogP contribution in [0.15, 0.2) is 54.6 Å². The Morgan fingerprint density at radius 3 is 2.33 bits per heavy atom. The topological polar surface area (TPSA) is 66.5 Å². The number of amides is 1. The van der Waals surface area contributed by atoms with Gasteiger partial charge in [-0.05, 0) is 18.1 Å². The first-order valence-corrected chi connectivity index (χ1v) is 11.7. The zero-order valence-corrected chi connectivity index (χ0v) is 17.5. The Morgan fingerprint density at radius 2 is 1.74 bits per heavy atom. The second kappa shape index (κ2) is 9.92. The maximum Gasteiger partial charge on any atom is 0.243 e. The van der Waals surface area contributed by atoms with Gasteiger partial charge in [0.25, 0.3) is 0 Å². The van der Waals surface area contributed by atoms with E-state index < -0.39 is 16.1 Å². The lowest BCUT2D eigenvalue weighted by Crippen LogP contribution is -2.41. The third-order valence-electron chi connectivity index (χ3n) is 4.19. The average molecular weight is 407 g/mol. The smallest absolute Gasteiger partial charge is 0.243 e. The van der Waals surface area contributed by atoms with Crippen molar-refractivity contribution < 1.29 is 13.2 Å². The van der Waals surface area contributed by atoms with Gasteiger partial charge in [0, 0.05) is 25.1 Å². The number of likely N-dealkylation sites (N-methyl/N-ethyl adjacent to an activating group) is 1.